The summed E-state index contributed by atoms with van der Waals surface area (Å²) >= 11 is 6.04. The molecule has 0 radical (unpaired) electrons. The fraction of sp³-hybridized carbons (Fsp3) is 0.200. The van der Waals surface area contributed by atoms with Gasteiger partial charge in [0.1, 0.15) is 0 Å². The van der Waals surface area contributed by atoms with E-state index < -0.39 is 0 Å². The van der Waals surface area contributed by atoms with Crippen molar-refractivity contribution in [3.63, 3.8) is 0 Å². The number of benzene rings is 2. The van der Waals surface area contributed by atoms with E-state index in [1.807, 2.05) is 19.9 Å². The van der Waals surface area contributed by atoms with Crippen LogP contribution < -0.4 is 14.8 Å². The predicted octanol–water partition coefficient (Wildman–Crippen LogP) is 3.46. The van der Waals surface area contributed by atoms with Crippen molar-refractivity contribution in [2.45, 2.75) is 13.8 Å². The number of anilines is 1. The van der Waals surface area contributed by atoms with Gasteiger partial charge < -0.3 is 14.8 Å². The second kappa shape index (κ2) is 9.20. The summed E-state index contributed by atoms with van der Waals surface area (Å²) in [5.41, 5.74) is 1.32. The minimum absolute atomic E-state index is 0.186. The zero-order chi connectivity index (χ0) is 20.8. The van der Waals surface area contributed by atoms with Crippen molar-refractivity contribution in [1.29, 1.82) is 0 Å². The summed E-state index contributed by atoms with van der Waals surface area (Å²) in [6.07, 6.45) is 1.67. The van der Waals surface area contributed by atoms with Gasteiger partial charge in [-0.1, -0.05) is 23.7 Å². The van der Waals surface area contributed by atoms with Crippen LogP contribution in [0.1, 0.15) is 17.2 Å². The molecule has 9 heteroatoms. The molecule has 1 heterocycles. The summed E-state index contributed by atoms with van der Waals surface area (Å²) in [5, 5.41) is 15.4. The van der Waals surface area contributed by atoms with Crippen LogP contribution in [0.15, 0.2) is 47.6 Å². The van der Waals surface area contributed by atoms with Crippen LogP contribution in [0.25, 0.3) is 0 Å². The van der Waals surface area contributed by atoms with Crippen LogP contribution >= 0.6 is 11.6 Å². The average molecular weight is 414 g/mol. The molecule has 1 aromatic heterocycles. The first-order chi connectivity index (χ1) is 14.0. The summed E-state index contributed by atoms with van der Waals surface area (Å²) in [6, 6.07) is 12.3. The van der Waals surface area contributed by atoms with Crippen LogP contribution in [0.5, 0.6) is 11.5 Å². The highest BCUT2D eigenvalue weighted by Gasteiger charge is 2.10. The largest absolute Gasteiger partial charge is 0.493 e. The van der Waals surface area contributed by atoms with Gasteiger partial charge in [0, 0.05) is 0 Å². The number of nitrogens with one attached hydrogen (secondary N) is 1. The molecule has 3 rings (SSSR count). The maximum Gasteiger partial charge on any atom is 0.262 e. The zero-order valence-electron chi connectivity index (χ0n) is 16.2. The third kappa shape index (κ3) is 5.11. The normalized spacial score (nSPS) is 10.9. The van der Waals surface area contributed by atoms with Crippen molar-refractivity contribution in [2.24, 2.45) is 5.10 Å². The third-order valence-corrected chi connectivity index (χ3v) is 4.30. The molecule has 3 aromatic rings. The monoisotopic (exact) mass is 413 g/mol. The molecule has 0 atom stereocenters. The number of amides is 1. The number of aromatic nitrogens is 3. The molecule has 0 fully saturated rings. The summed E-state index contributed by atoms with van der Waals surface area (Å²) < 4.78 is 12.6. The van der Waals surface area contributed by atoms with Crippen molar-refractivity contribution < 1.29 is 14.3 Å². The number of carbonyl (C=O) groups is 1. The Morgan fingerprint density at radius 2 is 1.90 bits per heavy atom. The maximum atomic E-state index is 12.1. The molecule has 0 saturated heterocycles. The smallest absolute Gasteiger partial charge is 0.262 e. The summed E-state index contributed by atoms with van der Waals surface area (Å²) in [7, 11) is 1.53. The topological polar surface area (TPSA) is 90.6 Å². The molecule has 0 aliphatic heterocycles. The Morgan fingerprint density at radius 1 is 1.17 bits per heavy atom. The quantitative estimate of drug-likeness (QED) is 0.599. The van der Waals surface area contributed by atoms with E-state index in [0.29, 0.717) is 33.9 Å². The fourth-order valence-corrected chi connectivity index (χ4v) is 2.71. The van der Waals surface area contributed by atoms with Crippen molar-refractivity contribution in [3.05, 3.63) is 64.7 Å². The van der Waals surface area contributed by atoms with Gasteiger partial charge in [-0.25, -0.2) is 4.68 Å². The second-order valence-electron chi connectivity index (χ2n) is 6.08. The van der Waals surface area contributed by atoms with E-state index in [1.54, 1.807) is 47.3 Å². The molecule has 1 N–H and O–H groups in total. The van der Waals surface area contributed by atoms with E-state index in [4.69, 9.17) is 21.1 Å². The van der Waals surface area contributed by atoms with Crippen molar-refractivity contribution in [3.8, 4) is 11.5 Å². The standard InChI is InChI=1S/C20H20ClN5O3/c1-13-24-25-14(2)26(13)22-11-15-8-9-18(19(10-15)28-3)29-12-20(27)23-17-7-5-4-6-16(17)21/h4-11H,12H2,1-3H3,(H,23,27)/b22-11-. The molecular weight excluding hydrogens is 394 g/mol. The summed E-state index contributed by atoms with van der Waals surface area (Å²) in [5.74, 6) is 1.97. The Morgan fingerprint density at radius 3 is 2.59 bits per heavy atom. The number of rotatable bonds is 7. The van der Waals surface area contributed by atoms with E-state index in [1.165, 1.54) is 7.11 Å². The summed E-state index contributed by atoms with van der Waals surface area (Å²) in [6.45, 7) is 3.46. The van der Waals surface area contributed by atoms with E-state index in [-0.39, 0.29) is 12.5 Å². The Bertz CT molecular complexity index is 1030. The average Bonchev–Trinajstić information content (AvgIpc) is 3.04. The van der Waals surface area contributed by atoms with Gasteiger partial charge >= 0.3 is 0 Å². The van der Waals surface area contributed by atoms with E-state index >= 15 is 0 Å². The molecule has 0 bridgehead atoms. The van der Waals surface area contributed by atoms with Gasteiger partial charge in [0.25, 0.3) is 5.91 Å². The van der Waals surface area contributed by atoms with Gasteiger partial charge in [-0.2, -0.15) is 5.10 Å². The SMILES string of the molecule is COc1cc(/C=N\n2c(C)nnc2C)ccc1OCC(=O)Nc1ccccc1Cl. The Hall–Kier alpha value is -3.39. The lowest BCUT2D eigenvalue weighted by molar-refractivity contribution is -0.118. The summed E-state index contributed by atoms with van der Waals surface area (Å²) in [4.78, 5) is 12.1. The number of methoxy groups -OCH3 is 1. The molecule has 29 heavy (non-hydrogen) atoms. The van der Waals surface area contributed by atoms with Gasteiger partial charge in [-0.3, -0.25) is 4.79 Å². The highest BCUT2D eigenvalue weighted by molar-refractivity contribution is 6.33. The first-order valence-electron chi connectivity index (χ1n) is 8.76. The fourth-order valence-electron chi connectivity index (χ4n) is 2.53. The molecule has 0 unspecified atom stereocenters. The number of halogens is 1. The van der Waals surface area contributed by atoms with Crippen LogP contribution in [-0.2, 0) is 4.79 Å². The third-order valence-electron chi connectivity index (χ3n) is 3.97. The van der Waals surface area contributed by atoms with Crippen LogP contribution in [0.4, 0.5) is 5.69 Å². The first-order valence-corrected chi connectivity index (χ1v) is 9.14. The minimum atomic E-state index is -0.329. The molecule has 0 spiro atoms. The number of hydrogen-bond acceptors (Lipinski definition) is 6. The number of aryl methyl sites for hydroxylation is 2. The van der Waals surface area contributed by atoms with Gasteiger partial charge in [-0.05, 0) is 49.7 Å². The molecule has 0 aliphatic rings. The molecule has 8 nitrogen and oxygen atoms in total. The lowest BCUT2D eigenvalue weighted by Crippen LogP contribution is -2.20. The molecule has 0 saturated carbocycles. The van der Waals surface area contributed by atoms with Gasteiger partial charge in [0.15, 0.2) is 29.8 Å². The Balaban J connectivity index is 1.66. The molecular formula is C20H20ClN5O3. The molecule has 150 valence electrons. The lowest BCUT2D eigenvalue weighted by atomic mass is 10.2. The molecule has 0 aliphatic carbocycles. The Labute approximate surface area is 173 Å². The highest BCUT2D eigenvalue weighted by Crippen LogP contribution is 2.28. The Kier molecular flexibility index (Phi) is 6.46. The zero-order valence-corrected chi connectivity index (χ0v) is 17.0. The van der Waals surface area contributed by atoms with Gasteiger partial charge in [0.2, 0.25) is 0 Å². The molecule has 1 amide bonds. The van der Waals surface area contributed by atoms with Gasteiger partial charge in [-0.15, -0.1) is 10.2 Å². The van der Waals surface area contributed by atoms with Gasteiger partial charge in [0.05, 0.1) is 24.0 Å². The van der Waals surface area contributed by atoms with E-state index in [9.17, 15) is 4.79 Å². The van der Waals surface area contributed by atoms with E-state index in [2.05, 4.69) is 20.6 Å². The number of nitrogens with zero attached hydrogens (tertiary/aromatic N) is 4. The van der Waals surface area contributed by atoms with E-state index in [0.717, 1.165) is 5.56 Å². The molecule has 2 aromatic carbocycles. The number of carbonyl (C=O) groups excluding carboxylic acids is 1. The number of para-hydroxylation sites is 1. The van der Waals surface area contributed by atoms with Crippen molar-refractivity contribution >= 4 is 29.4 Å². The van der Waals surface area contributed by atoms with Crippen molar-refractivity contribution in [2.75, 3.05) is 19.0 Å². The first kappa shape index (κ1) is 20.3. The minimum Gasteiger partial charge on any atom is -0.493 e. The van der Waals surface area contributed by atoms with Crippen LogP contribution in [-0.4, -0.2) is 40.7 Å². The highest BCUT2D eigenvalue weighted by atomic mass is 35.5. The number of hydrogen-bond donors (Lipinski definition) is 1. The lowest BCUT2D eigenvalue weighted by Gasteiger charge is -2.12. The number of ether oxygens (including phenoxy) is 2. The van der Waals surface area contributed by atoms with Crippen LogP contribution in [0.2, 0.25) is 5.02 Å². The van der Waals surface area contributed by atoms with Crippen molar-refractivity contribution in [1.82, 2.24) is 14.9 Å². The van der Waals surface area contributed by atoms with Crippen LogP contribution in [0, 0.1) is 13.8 Å². The van der Waals surface area contributed by atoms with Crippen LogP contribution in [0.3, 0.4) is 0 Å². The second-order valence-corrected chi connectivity index (χ2v) is 6.48. The maximum absolute atomic E-state index is 12.1. The predicted molar refractivity (Wildman–Crippen MR) is 111 cm³/mol.